The van der Waals surface area contributed by atoms with Crippen molar-refractivity contribution in [2.24, 2.45) is 0 Å². The average molecular weight is 444 g/mol. The Morgan fingerprint density at radius 3 is 2.83 bits per heavy atom. The Kier molecular flexibility index (Phi) is 7.43. The van der Waals surface area contributed by atoms with E-state index in [4.69, 9.17) is 26.5 Å². The number of carbonyl (C=O) groups excluding carboxylic acids is 1. The van der Waals surface area contributed by atoms with E-state index in [1.54, 1.807) is 6.92 Å². The Balaban J connectivity index is 1.53. The summed E-state index contributed by atoms with van der Waals surface area (Å²) in [4.78, 5) is 31.3. The van der Waals surface area contributed by atoms with Crippen LogP contribution in [0.5, 0.6) is 0 Å². The molecule has 1 unspecified atom stereocenters. The van der Waals surface area contributed by atoms with Crippen molar-refractivity contribution in [3.8, 4) is 0 Å². The summed E-state index contributed by atoms with van der Waals surface area (Å²) in [5.74, 6) is -0.404. The Labute approximate surface area is 179 Å². The SMILES string of the molecule is C[C@H](NOC[C@H]1O[C@@H](n2ccc(=O)[nH]c2=S)[C@](C)(O)C1O)C(=O)OC1CCCCC1. The molecule has 11 heteroatoms. The van der Waals surface area contributed by atoms with Gasteiger partial charge in [0.05, 0.1) is 6.61 Å². The van der Waals surface area contributed by atoms with Crippen LogP contribution < -0.4 is 11.0 Å². The monoisotopic (exact) mass is 443 g/mol. The highest BCUT2D eigenvalue weighted by molar-refractivity contribution is 7.71. The van der Waals surface area contributed by atoms with Crippen LogP contribution in [0, 0.1) is 4.77 Å². The van der Waals surface area contributed by atoms with E-state index < -0.39 is 36.0 Å². The highest BCUT2D eigenvalue weighted by Crippen LogP contribution is 2.38. The lowest BCUT2D eigenvalue weighted by Gasteiger charge is -2.28. The van der Waals surface area contributed by atoms with Crippen molar-refractivity contribution in [3.63, 3.8) is 0 Å². The van der Waals surface area contributed by atoms with Crippen molar-refractivity contribution in [1.82, 2.24) is 15.0 Å². The van der Waals surface area contributed by atoms with Crippen LogP contribution >= 0.6 is 12.2 Å². The first kappa shape index (κ1) is 23.0. The summed E-state index contributed by atoms with van der Waals surface area (Å²) in [6.07, 6.45) is 3.18. The van der Waals surface area contributed by atoms with Gasteiger partial charge in [0.2, 0.25) is 0 Å². The van der Waals surface area contributed by atoms with Crippen molar-refractivity contribution in [1.29, 1.82) is 0 Å². The molecule has 30 heavy (non-hydrogen) atoms. The van der Waals surface area contributed by atoms with E-state index in [0.717, 1.165) is 25.7 Å². The lowest BCUT2D eigenvalue weighted by atomic mass is 9.96. The second-order valence-electron chi connectivity index (χ2n) is 8.06. The largest absolute Gasteiger partial charge is 0.461 e. The molecule has 1 aliphatic carbocycles. The molecule has 4 N–H and O–H groups in total. The second kappa shape index (κ2) is 9.67. The first-order chi connectivity index (χ1) is 14.2. The number of nitrogens with zero attached hydrogens (tertiary/aromatic N) is 1. The summed E-state index contributed by atoms with van der Waals surface area (Å²) in [7, 11) is 0. The smallest absolute Gasteiger partial charge is 0.325 e. The van der Waals surface area contributed by atoms with E-state index in [1.165, 1.54) is 30.2 Å². The van der Waals surface area contributed by atoms with Gasteiger partial charge in [-0.25, -0.2) is 0 Å². The van der Waals surface area contributed by atoms with Crippen LogP contribution in [0.1, 0.15) is 52.2 Å². The lowest BCUT2D eigenvalue weighted by molar-refractivity contribution is -0.159. The van der Waals surface area contributed by atoms with E-state index in [2.05, 4.69) is 10.5 Å². The van der Waals surface area contributed by atoms with Gasteiger partial charge < -0.3 is 19.7 Å². The van der Waals surface area contributed by atoms with Crippen LogP contribution in [0.15, 0.2) is 17.1 Å². The molecule has 0 bridgehead atoms. The summed E-state index contributed by atoms with van der Waals surface area (Å²) in [6.45, 7) is 2.90. The third-order valence-electron chi connectivity index (χ3n) is 5.55. The zero-order valence-electron chi connectivity index (χ0n) is 17.1. The van der Waals surface area contributed by atoms with E-state index in [-0.39, 0.29) is 23.0 Å². The predicted molar refractivity (Wildman–Crippen MR) is 108 cm³/mol. The van der Waals surface area contributed by atoms with Crippen LogP contribution in [-0.2, 0) is 19.1 Å². The number of ether oxygens (including phenoxy) is 2. The number of nitrogens with one attached hydrogen (secondary N) is 2. The molecule has 2 fully saturated rings. The van der Waals surface area contributed by atoms with Gasteiger partial charge in [-0.05, 0) is 51.7 Å². The number of esters is 1. The van der Waals surface area contributed by atoms with E-state index >= 15 is 0 Å². The van der Waals surface area contributed by atoms with Crippen molar-refractivity contribution in [2.45, 2.75) is 82.1 Å². The zero-order chi connectivity index (χ0) is 21.9. The molecule has 5 atom stereocenters. The zero-order valence-corrected chi connectivity index (χ0v) is 17.9. The number of H-pyrrole nitrogens is 1. The van der Waals surface area contributed by atoms with Gasteiger partial charge in [0.1, 0.15) is 30.0 Å². The van der Waals surface area contributed by atoms with Crippen molar-refractivity contribution in [3.05, 3.63) is 27.4 Å². The first-order valence-electron chi connectivity index (χ1n) is 10.2. The average Bonchev–Trinajstić information content (AvgIpc) is 2.92. The van der Waals surface area contributed by atoms with Gasteiger partial charge >= 0.3 is 5.97 Å². The maximum absolute atomic E-state index is 12.2. The Hall–Kier alpha value is -1.63. The molecular weight excluding hydrogens is 414 g/mol. The van der Waals surface area contributed by atoms with Gasteiger partial charge in [-0.2, -0.15) is 5.48 Å². The molecule has 168 valence electrons. The van der Waals surface area contributed by atoms with Crippen LogP contribution in [0.2, 0.25) is 0 Å². The Bertz CT molecular complexity index is 849. The number of hydrogen-bond acceptors (Lipinski definition) is 9. The third kappa shape index (κ3) is 5.16. The van der Waals surface area contributed by atoms with Crippen molar-refractivity contribution < 1.29 is 29.3 Å². The molecule has 0 radical (unpaired) electrons. The highest BCUT2D eigenvalue weighted by atomic mass is 32.1. The van der Waals surface area contributed by atoms with Crippen LogP contribution in [-0.4, -0.2) is 62.3 Å². The van der Waals surface area contributed by atoms with Gasteiger partial charge in [0, 0.05) is 12.3 Å². The van der Waals surface area contributed by atoms with Crippen molar-refractivity contribution in [2.75, 3.05) is 6.61 Å². The lowest BCUT2D eigenvalue weighted by Crippen LogP contribution is -2.45. The predicted octanol–water partition coefficient (Wildman–Crippen LogP) is 0.701. The summed E-state index contributed by atoms with van der Waals surface area (Å²) >= 11 is 5.11. The number of aromatic amines is 1. The molecule has 1 aromatic heterocycles. The minimum atomic E-state index is -1.68. The normalized spacial score (nSPS) is 30.9. The molecular formula is C19H29N3O7S. The molecule has 10 nitrogen and oxygen atoms in total. The van der Waals surface area contributed by atoms with Crippen LogP contribution in [0.25, 0.3) is 0 Å². The molecule has 1 aliphatic heterocycles. The third-order valence-corrected chi connectivity index (χ3v) is 5.87. The maximum Gasteiger partial charge on any atom is 0.325 e. The van der Waals surface area contributed by atoms with Gasteiger partial charge in [-0.3, -0.25) is 24.0 Å². The second-order valence-corrected chi connectivity index (χ2v) is 8.45. The number of hydroxylamine groups is 1. The van der Waals surface area contributed by atoms with Crippen LogP contribution in [0.3, 0.4) is 0 Å². The minimum Gasteiger partial charge on any atom is -0.461 e. The number of aromatic nitrogens is 2. The summed E-state index contributed by atoms with van der Waals surface area (Å²) in [5, 5.41) is 21.2. The van der Waals surface area contributed by atoms with E-state index in [9.17, 15) is 19.8 Å². The summed E-state index contributed by atoms with van der Waals surface area (Å²) in [5.41, 5.74) is 0.532. The number of aliphatic hydroxyl groups is 2. The van der Waals surface area contributed by atoms with Gasteiger partial charge in [-0.15, -0.1) is 0 Å². The maximum atomic E-state index is 12.2. The quantitative estimate of drug-likeness (QED) is 0.273. The van der Waals surface area contributed by atoms with Crippen molar-refractivity contribution >= 4 is 18.2 Å². The standard InChI is InChI=1S/C19H29N3O7S/c1-11(16(25)28-12-6-4-3-5-7-12)21-27-10-13-15(24)19(2,26)17(29-13)22-9-8-14(23)20-18(22)30/h8-9,11-13,15,17,21,24,26H,3-7,10H2,1-2H3,(H,20,23,30)/t11-,13+,15?,17+,19+/m0/s1. The summed E-state index contributed by atoms with van der Waals surface area (Å²) < 4.78 is 12.6. The number of hydrogen-bond donors (Lipinski definition) is 4. The molecule has 3 rings (SSSR count). The minimum absolute atomic E-state index is 0.0479. The molecule has 1 saturated heterocycles. The fraction of sp³-hybridized carbons (Fsp3) is 0.737. The number of aliphatic hydroxyl groups excluding tert-OH is 1. The fourth-order valence-electron chi connectivity index (χ4n) is 3.74. The molecule has 2 heterocycles. The molecule has 0 spiro atoms. The van der Waals surface area contributed by atoms with E-state index in [0.29, 0.717) is 0 Å². The first-order valence-corrected chi connectivity index (χ1v) is 10.6. The Morgan fingerprint density at radius 1 is 1.47 bits per heavy atom. The number of carbonyl (C=O) groups is 1. The fourth-order valence-corrected chi connectivity index (χ4v) is 4.00. The summed E-state index contributed by atoms with van der Waals surface area (Å²) in [6, 6.07) is 0.543. The molecule has 0 amide bonds. The molecule has 0 aromatic carbocycles. The highest BCUT2D eigenvalue weighted by Gasteiger charge is 2.53. The molecule has 1 saturated carbocycles. The van der Waals surface area contributed by atoms with Gasteiger partial charge in [-0.1, -0.05) is 6.42 Å². The number of rotatable bonds is 7. The van der Waals surface area contributed by atoms with Crippen LogP contribution in [0.4, 0.5) is 0 Å². The van der Waals surface area contributed by atoms with Gasteiger partial charge in [0.25, 0.3) is 5.56 Å². The van der Waals surface area contributed by atoms with Gasteiger partial charge in [0.15, 0.2) is 11.0 Å². The molecule has 2 aliphatic rings. The Morgan fingerprint density at radius 2 is 2.17 bits per heavy atom. The van der Waals surface area contributed by atoms with E-state index in [1.807, 2.05) is 0 Å². The topological polar surface area (TPSA) is 135 Å². The molecule has 1 aromatic rings.